The Morgan fingerprint density at radius 3 is 2.65 bits per heavy atom. The predicted molar refractivity (Wildman–Crippen MR) is 121 cm³/mol. The van der Waals surface area contributed by atoms with E-state index in [1.807, 2.05) is 12.1 Å². The van der Waals surface area contributed by atoms with E-state index in [1.165, 1.54) is 27.6 Å². The first-order valence-corrected chi connectivity index (χ1v) is 11.0. The summed E-state index contributed by atoms with van der Waals surface area (Å²) in [6.45, 7) is 0.271. The van der Waals surface area contributed by atoms with Gasteiger partial charge < -0.3 is 15.5 Å². The normalized spacial score (nSPS) is 19.6. The van der Waals surface area contributed by atoms with Gasteiger partial charge in [0.05, 0.1) is 24.6 Å². The highest BCUT2D eigenvalue weighted by Gasteiger charge is 2.31. The van der Waals surface area contributed by atoms with E-state index in [-0.39, 0.29) is 36.0 Å². The van der Waals surface area contributed by atoms with Gasteiger partial charge in [0.2, 0.25) is 5.95 Å². The Bertz CT molecular complexity index is 1390. The zero-order valence-corrected chi connectivity index (χ0v) is 17.9. The number of pyridine rings is 3. The topological polar surface area (TPSA) is 100 Å². The molecule has 0 unspecified atom stereocenters. The fraction of sp³-hybridized carbons (Fsp3) is 0.261. The van der Waals surface area contributed by atoms with E-state index in [9.17, 15) is 13.6 Å². The molecule has 6 rings (SSSR count). The van der Waals surface area contributed by atoms with Crippen LogP contribution in [0.25, 0.3) is 5.65 Å². The summed E-state index contributed by atoms with van der Waals surface area (Å²) in [5.41, 5.74) is 1.94. The third kappa shape index (κ3) is 3.78. The van der Waals surface area contributed by atoms with Gasteiger partial charge in [0.1, 0.15) is 23.1 Å². The summed E-state index contributed by atoms with van der Waals surface area (Å²) in [6, 6.07) is 8.08. The maximum Gasteiger partial charge on any atom is 0.277 e. The van der Waals surface area contributed by atoms with Crippen molar-refractivity contribution in [2.75, 3.05) is 15.5 Å². The van der Waals surface area contributed by atoms with Crippen LogP contribution in [0.3, 0.4) is 0 Å². The Morgan fingerprint density at radius 1 is 0.971 bits per heavy atom. The lowest BCUT2D eigenvalue weighted by molar-refractivity contribution is 0.0992. The van der Waals surface area contributed by atoms with Crippen LogP contribution < -0.4 is 15.5 Å². The third-order valence-electron chi connectivity index (χ3n) is 6.19. The molecule has 0 spiro atoms. The number of nitrogens with one attached hydrogen (secondary N) is 2. The van der Waals surface area contributed by atoms with Gasteiger partial charge in [-0.15, -0.1) is 5.10 Å². The van der Waals surface area contributed by atoms with E-state index < -0.39 is 5.82 Å². The van der Waals surface area contributed by atoms with Crippen LogP contribution in [-0.2, 0) is 6.54 Å². The van der Waals surface area contributed by atoms with Crippen molar-refractivity contribution in [3.05, 3.63) is 71.8 Å². The molecule has 0 radical (unpaired) electrons. The van der Waals surface area contributed by atoms with Crippen molar-refractivity contribution in [2.24, 2.45) is 0 Å². The fourth-order valence-corrected chi connectivity index (χ4v) is 4.56. The van der Waals surface area contributed by atoms with Gasteiger partial charge in [0.15, 0.2) is 5.65 Å². The smallest absolute Gasteiger partial charge is 0.277 e. The largest absolute Gasteiger partial charge is 0.367 e. The Hall–Kier alpha value is -4.15. The number of amides is 1. The summed E-state index contributed by atoms with van der Waals surface area (Å²) in [5.74, 6) is 0.125. The number of fused-ring (bicyclic) bond motifs is 2. The Labute approximate surface area is 192 Å². The van der Waals surface area contributed by atoms with Gasteiger partial charge in [-0.05, 0) is 43.5 Å². The highest BCUT2D eigenvalue weighted by atomic mass is 19.1. The van der Waals surface area contributed by atoms with E-state index in [1.54, 1.807) is 12.4 Å². The molecule has 4 aromatic rings. The van der Waals surface area contributed by atoms with E-state index in [0.717, 1.165) is 25.5 Å². The number of rotatable bonds is 5. The Morgan fingerprint density at radius 2 is 1.82 bits per heavy atom. The first kappa shape index (κ1) is 20.5. The lowest BCUT2D eigenvalue weighted by atomic mass is 10.2. The number of carbonyl (C=O) groups is 1. The van der Waals surface area contributed by atoms with Crippen molar-refractivity contribution in [3.8, 4) is 0 Å². The number of anilines is 3. The lowest BCUT2D eigenvalue weighted by Gasteiger charge is -2.17. The highest BCUT2D eigenvalue weighted by Crippen LogP contribution is 2.29. The molecule has 0 saturated heterocycles. The predicted octanol–water partition coefficient (Wildman–Crippen LogP) is 3.40. The van der Waals surface area contributed by atoms with Crippen molar-refractivity contribution in [2.45, 2.75) is 37.9 Å². The van der Waals surface area contributed by atoms with Crippen LogP contribution in [0.2, 0.25) is 0 Å². The van der Waals surface area contributed by atoms with Crippen molar-refractivity contribution >= 4 is 29.0 Å². The van der Waals surface area contributed by atoms with Crippen LogP contribution in [0.1, 0.15) is 35.3 Å². The molecule has 1 fully saturated rings. The van der Waals surface area contributed by atoms with E-state index >= 15 is 0 Å². The maximum atomic E-state index is 13.4. The summed E-state index contributed by atoms with van der Waals surface area (Å²) in [7, 11) is 0. The molecular formula is C23H20F2N8O. The number of aromatic nitrogens is 5. The fourth-order valence-electron chi connectivity index (χ4n) is 4.56. The minimum atomic E-state index is -0.457. The molecule has 2 N–H and O–H groups in total. The van der Waals surface area contributed by atoms with E-state index in [4.69, 9.17) is 0 Å². The standard InChI is InChI=1S/C23H20F2N8O/c24-14-5-6-33-20(8-14)30-23(31-33)29-17-2-1-16(9-17)28-19-4-3-18(11-26-19)32-12-13-7-15(25)10-27-21(13)22(32)34/h3-8,10-11,16-17H,1-2,9,12H2,(H,26,28)(H,29,31)/t16-,17-/m0/s1. The number of nitrogens with zero attached hydrogens (tertiary/aromatic N) is 6. The molecule has 1 saturated carbocycles. The number of halogens is 2. The Balaban J connectivity index is 1.07. The van der Waals surface area contributed by atoms with Crippen LogP contribution in [0.4, 0.5) is 26.2 Å². The molecule has 2 aliphatic rings. The first-order valence-electron chi connectivity index (χ1n) is 11.0. The molecule has 0 bridgehead atoms. The molecule has 1 amide bonds. The second-order valence-electron chi connectivity index (χ2n) is 8.53. The van der Waals surface area contributed by atoms with Gasteiger partial charge in [0.25, 0.3) is 5.91 Å². The first-order chi connectivity index (χ1) is 16.5. The van der Waals surface area contributed by atoms with Crippen molar-refractivity contribution in [1.29, 1.82) is 0 Å². The molecular weight excluding hydrogens is 442 g/mol. The summed E-state index contributed by atoms with van der Waals surface area (Å²) < 4.78 is 28.3. The van der Waals surface area contributed by atoms with Gasteiger partial charge in [0, 0.05) is 29.9 Å². The molecule has 11 heteroatoms. The van der Waals surface area contributed by atoms with Crippen LogP contribution in [0.15, 0.2) is 48.9 Å². The monoisotopic (exact) mass is 462 g/mol. The zero-order chi connectivity index (χ0) is 23.2. The van der Waals surface area contributed by atoms with Crippen LogP contribution in [0.5, 0.6) is 0 Å². The average molecular weight is 462 g/mol. The van der Waals surface area contributed by atoms with Gasteiger partial charge >= 0.3 is 0 Å². The Kier molecular flexibility index (Phi) is 4.82. The average Bonchev–Trinajstić information content (AvgIpc) is 3.51. The van der Waals surface area contributed by atoms with Gasteiger partial charge in [-0.25, -0.2) is 23.3 Å². The van der Waals surface area contributed by atoms with Gasteiger partial charge in [-0.2, -0.15) is 4.98 Å². The van der Waals surface area contributed by atoms with Crippen molar-refractivity contribution < 1.29 is 13.6 Å². The number of hydrogen-bond donors (Lipinski definition) is 2. The second-order valence-corrected chi connectivity index (χ2v) is 8.53. The van der Waals surface area contributed by atoms with Crippen LogP contribution >= 0.6 is 0 Å². The number of hydrogen-bond acceptors (Lipinski definition) is 7. The molecule has 1 aliphatic carbocycles. The maximum absolute atomic E-state index is 13.4. The summed E-state index contributed by atoms with van der Waals surface area (Å²) in [4.78, 5) is 26.8. The van der Waals surface area contributed by atoms with Crippen molar-refractivity contribution in [1.82, 2.24) is 24.6 Å². The van der Waals surface area contributed by atoms with Gasteiger partial charge in [-0.1, -0.05) is 0 Å². The van der Waals surface area contributed by atoms with E-state index in [0.29, 0.717) is 28.7 Å². The molecule has 1 aliphatic heterocycles. The molecule has 4 aromatic heterocycles. The SMILES string of the molecule is O=C1c2ncc(F)cc2CN1c1ccc(N[C@H]2CC[C@H](Nc3nc4cc(F)ccn4n3)C2)nc1. The molecule has 34 heavy (non-hydrogen) atoms. The third-order valence-corrected chi connectivity index (χ3v) is 6.19. The highest BCUT2D eigenvalue weighted by molar-refractivity contribution is 6.08. The van der Waals surface area contributed by atoms with Gasteiger partial charge in [-0.3, -0.25) is 4.79 Å². The summed E-state index contributed by atoms with van der Waals surface area (Å²) >= 11 is 0. The van der Waals surface area contributed by atoms with Crippen molar-refractivity contribution in [3.63, 3.8) is 0 Å². The van der Waals surface area contributed by atoms with Crippen LogP contribution in [-0.4, -0.2) is 42.6 Å². The quantitative estimate of drug-likeness (QED) is 0.469. The zero-order valence-electron chi connectivity index (χ0n) is 17.9. The summed E-state index contributed by atoms with van der Waals surface area (Å²) in [6.07, 6.45) is 6.96. The molecule has 9 nitrogen and oxygen atoms in total. The lowest BCUT2D eigenvalue weighted by Crippen LogP contribution is -2.24. The molecule has 0 aromatic carbocycles. The van der Waals surface area contributed by atoms with Crippen LogP contribution in [0, 0.1) is 11.6 Å². The number of carbonyl (C=O) groups excluding carboxylic acids is 1. The summed E-state index contributed by atoms with van der Waals surface area (Å²) in [5, 5.41) is 11.1. The molecule has 2 atom stereocenters. The minimum absolute atomic E-state index is 0.188. The second kappa shape index (κ2) is 8.01. The minimum Gasteiger partial charge on any atom is -0.367 e. The molecule has 172 valence electrons. The molecule has 5 heterocycles. The van der Waals surface area contributed by atoms with E-state index in [2.05, 4.69) is 30.7 Å².